The molecule has 0 heterocycles. The van der Waals surface area contributed by atoms with Crippen LogP contribution in [0.5, 0.6) is 0 Å². The number of halogens is 1. The second kappa shape index (κ2) is 7.01. The Morgan fingerprint density at radius 1 is 0.739 bits per heavy atom. The van der Waals surface area contributed by atoms with E-state index in [1.165, 1.54) is 12.1 Å². The molecule has 3 rings (SSSR count). The fourth-order valence-corrected chi connectivity index (χ4v) is 2.74. The average Bonchev–Trinajstić information content (AvgIpc) is 2.62. The van der Waals surface area contributed by atoms with Gasteiger partial charge in [0.05, 0.1) is 0 Å². The Labute approximate surface area is 135 Å². The Hall–Kier alpha value is -2.74. The molecule has 3 aromatic rings. The predicted molar refractivity (Wildman–Crippen MR) is 90.1 cm³/mol. The van der Waals surface area contributed by atoms with Crippen LogP contribution in [0.25, 0.3) is 0 Å². The molecule has 0 bridgehead atoms. The van der Waals surface area contributed by atoms with E-state index in [0.717, 1.165) is 11.1 Å². The lowest BCUT2D eigenvalue weighted by Crippen LogP contribution is -2.09. The van der Waals surface area contributed by atoms with Crippen molar-refractivity contribution < 1.29 is 9.18 Å². The predicted octanol–water partition coefficient (Wildman–Crippen LogP) is 5.23. The van der Waals surface area contributed by atoms with Gasteiger partial charge in [-0.2, -0.15) is 0 Å². The van der Waals surface area contributed by atoms with Crippen molar-refractivity contribution in [2.24, 2.45) is 0 Å². The van der Waals surface area contributed by atoms with Crippen LogP contribution < -0.4 is 0 Å². The van der Waals surface area contributed by atoms with Gasteiger partial charge in [-0.05, 0) is 23.3 Å². The van der Waals surface area contributed by atoms with Crippen LogP contribution in [0.2, 0.25) is 0 Å². The molecule has 3 aromatic carbocycles. The number of carbonyl (C=O) groups excluding carboxylic acids is 1. The first-order chi connectivity index (χ1) is 11.2. The van der Waals surface area contributed by atoms with Crippen molar-refractivity contribution in [1.82, 2.24) is 0 Å². The highest BCUT2D eigenvalue weighted by Gasteiger charge is 2.19. The van der Waals surface area contributed by atoms with E-state index in [4.69, 9.17) is 0 Å². The average molecular weight is 304 g/mol. The molecule has 0 aliphatic heterocycles. The lowest BCUT2D eigenvalue weighted by molar-refractivity contribution is 0.0977. The van der Waals surface area contributed by atoms with Crippen LogP contribution in [0.15, 0.2) is 84.9 Å². The fourth-order valence-electron chi connectivity index (χ4n) is 2.74. The summed E-state index contributed by atoms with van der Waals surface area (Å²) in [4.78, 5) is 12.6. The lowest BCUT2D eigenvalue weighted by atomic mass is 9.86. The van der Waals surface area contributed by atoms with Gasteiger partial charge in [-0.15, -0.1) is 0 Å². The molecule has 0 saturated carbocycles. The zero-order chi connectivity index (χ0) is 16.1. The summed E-state index contributed by atoms with van der Waals surface area (Å²) in [6.45, 7) is 0. The van der Waals surface area contributed by atoms with Gasteiger partial charge in [-0.1, -0.05) is 72.8 Å². The highest BCUT2D eigenvalue weighted by atomic mass is 19.1. The number of benzene rings is 3. The largest absolute Gasteiger partial charge is 0.294 e. The third-order valence-electron chi connectivity index (χ3n) is 3.96. The number of ketones is 1. The van der Waals surface area contributed by atoms with E-state index in [9.17, 15) is 9.18 Å². The first kappa shape index (κ1) is 15.2. The summed E-state index contributed by atoms with van der Waals surface area (Å²) in [5, 5.41) is 0. The van der Waals surface area contributed by atoms with Gasteiger partial charge in [0.1, 0.15) is 5.82 Å². The Morgan fingerprint density at radius 2 is 1.26 bits per heavy atom. The number of Topliss-reactive ketones (excluding diaryl/α,β-unsaturated/α-hetero) is 1. The molecule has 0 fully saturated rings. The van der Waals surface area contributed by atoms with E-state index < -0.39 is 0 Å². The van der Waals surface area contributed by atoms with Gasteiger partial charge >= 0.3 is 0 Å². The molecule has 0 radical (unpaired) electrons. The number of carbonyl (C=O) groups is 1. The molecule has 2 heteroatoms. The lowest BCUT2D eigenvalue weighted by Gasteiger charge is -2.17. The van der Waals surface area contributed by atoms with Crippen molar-refractivity contribution in [3.05, 3.63) is 107 Å². The highest BCUT2D eigenvalue weighted by molar-refractivity contribution is 5.96. The molecule has 1 atom stereocenters. The highest BCUT2D eigenvalue weighted by Crippen LogP contribution is 2.29. The van der Waals surface area contributed by atoms with Gasteiger partial charge in [0.2, 0.25) is 0 Å². The third kappa shape index (κ3) is 3.72. The van der Waals surface area contributed by atoms with Crippen LogP contribution in [0, 0.1) is 5.82 Å². The normalized spacial score (nSPS) is 11.9. The summed E-state index contributed by atoms with van der Waals surface area (Å²) in [6, 6.07) is 25.6. The molecule has 0 aliphatic carbocycles. The zero-order valence-electron chi connectivity index (χ0n) is 12.7. The number of hydrogen-bond acceptors (Lipinski definition) is 1. The Balaban J connectivity index is 1.93. The second-order valence-corrected chi connectivity index (χ2v) is 5.51. The summed E-state index contributed by atoms with van der Waals surface area (Å²) in [7, 11) is 0. The fraction of sp³-hybridized carbons (Fsp3) is 0.0952. The van der Waals surface area contributed by atoms with Crippen molar-refractivity contribution in [3.8, 4) is 0 Å². The molecule has 114 valence electrons. The van der Waals surface area contributed by atoms with Gasteiger partial charge in [0.15, 0.2) is 5.78 Å². The molecule has 0 aromatic heterocycles. The van der Waals surface area contributed by atoms with E-state index in [1.54, 1.807) is 12.1 Å². The van der Waals surface area contributed by atoms with Crippen molar-refractivity contribution in [2.75, 3.05) is 0 Å². The van der Waals surface area contributed by atoms with E-state index in [1.807, 2.05) is 60.7 Å². The monoisotopic (exact) mass is 304 g/mol. The first-order valence-corrected chi connectivity index (χ1v) is 7.62. The number of hydrogen-bond donors (Lipinski definition) is 0. The van der Waals surface area contributed by atoms with Crippen LogP contribution in [0.4, 0.5) is 4.39 Å². The van der Waals surface area contributed by atoms with Gasteiger partial charge < -0.3 is 0 Å². The Kier molecular flexibility index (Phi) is 4.62. The summed E-state index contributed by atoms with van der Waals surface area (Å²) >= 11 is 0. The van der Waals surface area contributed by atoms with Crippen molar-refractivity contribution in [2.45, 2.75) is 12.3 Å². The maximum Gasteiger partial charge on any atom is 0.163 e. The van der Waals surface area contributed by atoms with E-state index in [0.29, 0.717) is 12.0 Å². The Morgan fingerprint density at radius 3 is 1.87 bits per heavy atom. The van der Waals surface area contributed by atoms with E-state index in [2.05, 4.69) is 0 Å². The maximum atomic E-state index is 13.2. The molecule has 1 nitrogen and oxygen atoms in total. The van der Waals surface area contributed by atoms with Crippen LogP contribution in [0.3, 0.4) is 0 Å². The SMILES string of the molecule is O=C(CC(c1ccccc1)c1ccc(F)cc1)c1ccccc1. The molecule has 1 unspecified atom stereocenters. The minimum absolute atomic E-state index is 0.0792. The van der Waals surface area contributed by atoms with Gasteiger partial charge in [0.25, 0.3) is 0 Å². The van der Waals surface area contributed by atoms with Gasteiger partial charge in [-0.25, -0.2) is 4.39 Å². The zero-order valence-corrected chi connectivity index (χ0v) is 12.7. The molecule has 0 amide bonds. The standard InChI is InChI=1S/C21H17FO/c22-19-13-11-17(12-14-19)20(16-7-3-1-4-8-16)15-21(23)18-9-5-2-6-10-18/h1-14,20H,15H2. The molecule has 23 heavy (non-hydrogen) atoms. The van der Waals surface area contributed by atoms with E-state index >= 15 is 0 Å². The summed E-state index contributed by atoms with van der Waals surface area (Å²) < 4.78 is 13.2. The molecular weight excluding hydrogens is 287 g/mol. The topological polar surface area (TPSA) is 17.1 Å². The van der Waals surface area contributed by atoms with Crippen molar-refractivity contribution in [3.63, 3.8) is 0 Å². The quantitative estimate of drug-likeness (QED) is 0.590. The molecule has 0 N–H and O–H groups in total. The maximum absolute atomic E-state index is 13.2. The van der Waals surface area contributed by atoms with Crippen LogP contribution in [-0.2, 0) is 0 Å². The minimum atomic E-state index is -0.269. The molecule has 0 spiro atoms. The van der Waals surface area contributed by atoms with Crippen molar-refractivity contribution >= 4 is 5.78 Å². The second-order valence-electron chi connectivity index (χ2n) is 5.51. The first-order valence-electron chi connectivity index (χ1n) is 7.62. The summed E-state index contributed by atoms with van der Waals surface area (Å²) in [5.41, 5.74) is 2.71. The van der Waals surface area contributed by atoms with Crippen molar-refractivity contribution in [1.29, 1.82) is 0 Å². The minimum Gasteiger partial charge on any atom is -0.294 e. The third-order valence-corrected chi connectivity index (χ3v) is 3.96. The smallest absolute Gasteiger partial charge is 0.163 e. The van der Waals surface area contributed by atoms with E-state index in [-0.39, 0.29) is 17.5 Å². The molecular formula is C21H17FO. The number of rotatable bonds is 5. The summed E-state index contributed by atoms with van der Waals surface area (Å²) in [6.07, 6.45) is 0.361. The van der Waals surface area contributed by atoms with Gasteiger partial charge in [-0.3, -0.25) is 4.79 Å². The van der Waals surface area contributed by atoms with Crippen LogP contribution >= 0.6 is 0 Å². The summed E-state index contributed by atoms with van der Waals surface area (Å²) in [5.74, 6) is -0.261. The Bertz CT molecular complexity index is 764. The van der Waals surface area contributed by atoms with Crippen LogP contribution in [-0.4, -0.2) is 5.78 Å². The van der Waals surface area contributed by atoms with Gasteiger partial charge in [0, 0.05) is 17.9 Å². The molecule has 0 aliphatic rings. The molecule has 0 saturated heterocycles. The van der Waals surface area contributed by atoms with Crippen LogP contribution in [0.1, 0.15) is 33.8 Å².